The molecule has 1 heterocycles. The van der Waals surface area contributed by atoms with Crippen LogP contribution in [0.25, 0.3) is 0 Å². The van der Waals surface area contributed by atoms with E-state index < -0.39 is 17.2 Å². The van der Waals surface area contributed by atoms with Gasteiger partial charge in [-0.15, -0.1) is 0 Å². The van der Waals surface area contributed by atoms with Crippen molar-refractivity contribution >= 4 is 61.4 Å². The molecule has 5 nitrogen and oxygen atoms in total. The van der Waals surface area contributed by atoms with Gasteiger partial charge in [0.25, 0.3) is 0 Å². The highest BCUT2D eigenvalue weighted by Gasteiger charge is 2.43. The van der Waals surface area contributed by atoms with Crippen LogP contribution in [0.4, 0.5) is 0 Å². The number of Topliss-reactive ketones (excluding diaryl/α,β-unsaturated/α-hetero) is 1. The fourth-order valence-corrected chi connectivity index (χ4v) is 4.45. The number of halogens is 3. The van der Waals surface area contributed by atoms with E-state index >= 15 is 0 Å². The van der Waals surface area contributed by atoms with Gasteiger partial charge in [-0.2, -0.15) is 0 Å². The van der Waals surface area contributed by atoms with Crippen molar-refractivity contribution in [2.45, 2.75) is 36.5 Å². The van der Waals surface area contributed by atoms with Crippen LogP contribution in [-0.4, -0.2) is 33.7 Å². The Hall–Kier alpha value is 1.22. The molecular formula is C11H18Br3O5P. The van der Waals surface area contributed by atoms with Crippen LogP contribution in [0.15, 0.2) is 0 Å². The zero-order chi connectivity index (χ0) is 15.6. The zero-order valence-corrected chi connectivity index (χ0v) is 17.2. The second-order valence-corrected chi connectivity index (χ2v) is 11.6. The molecule has 1 unspecified atom stereocenters. The summed E-state index contributed by atoms with van der Waals surface area (Å²) in [5.74, 6) is -0.0147. The molecule has 0 radical (unpaired) electrons. The first-order valence-corrected chi connectivity index (χ1v) is 10.2. The fraction of sp³-hybridized carbons (Fsp3) is 0.909. The number of carbonyl (C=O) groups excluding carboxylic acids is 1. The number of phosphoric ester groups is 1. The number of rotatable bonds is 6. The Morgan fingerprint density at radius 1 is 1.40 bits per heavy atom. The summed E-state index contributed by atoms with van der Waals surface area (Å²) in [6, 6.07) is 0. The largest absolute Gasteiger partial charge is 0.475 e. The van der Waals surface area contributed by atoms with Crippen molar-refractivity contribution in [2.75, 3.05) is 18.5 Å². The molecule has 118 valence electrons. The maximum Gasteiger partial charge on any atom is 0.475 e. The maximum absolute atomic E-state index is 12.3. The van der Waals surface area contributed by atoms with E-state index in [-0.39, 0.29) is 22.9 Å². The van der Waals surface area contributed by atoms with Gasteiger partial charge in [-0.3, -0.25) is 18.4 Å². The Morgan fingerprint density at radius 3 is 2.35 bits per heavy atom. The zero-order valence-electron chi connectivity index (χ0n) is 11.5. The molecular weight excluding hydrogens is 483 g/mol. The van der Waals surface area contributed by atoms with Gasteiger partial charge >= 0.3 is 7.82 Å². The number of hydrogen-bond acceptors (Lipinski definition) is 5. The molecule has 1 aliphatic heterocycles. The Morgan fingerprint density at radius 2 is 1.90 bits per heavy atom. The molecule has 0 aromatic carbocycles. The molecule has 0 aromatic rings. The van der Waals surface area contributed by atoms with Crippen molar-refractivity contribution in [2.24, 2.45) is 5.41 Å². The summed E-state index contributed by atoms with van der Waals surface area (Å²) in [5.41, 5.74) is -0.188. The lowest BCUT2D eigenvalue weighted by atomic mass is 9.97. The molecule has 1 saturated heterocycles. The van der Waals surface area contributed by atoms with Crippen LogP contribution in [0, 0.1) is 5.41 Å². The van der Waals surface area contributed by atoms with E-state index in [4.69, 9.17) is 13.6 Å². The van der Waals surface area contributed by atoms with Crippen LogP contribution in [-0.2, 0) is 22.9 Å². The van der Waals surface area contributed by atoms with Crippen molar-refractivity contribution in [3.05, 3.63) is 0 Å². The second kappa shape index (κ2) is 7.20. The summed E-state index contributed by atoms with van der Waals surface area (Å²) in [5, 5.41) is 0.248. The van der Waals surface area contributed by atoms with Crippen LogP contribution in [0.2, 0.25) is 0 Å². The van der Waals surface area contributed by atoms with Gasteiger partial charge in [0.1, 0.15) is 9.02 Å². The normalized spacial score (nSPS) is 23.3. The minimum Gasteiger partial charge on any atom is -0.299 e. The van der Waals surface area contributed by atoms with Crippen molar-refractivity contribution < 1.29 is 22.9 Å². The van der Waals surface area contributed by atoms with Gasteiger partial charge in [0.05, 0.1) is 24.6 Å². The van der Waals surface area contributed by atoms with Crippen molar-refractivity contribution in [3.63, 3.8) is 0 Å². The minimum atomic E-state index is -3.58. The Labute approximate surface area is 144 Å². The molecule has 0 aliphatic carbocycles. The molecule has 1 atom stereocenters. The predicted molar refractivity (Wildman–Crippen MR) is 87.8 cm³/mol. The summed E-state index contributed by atoms with van der Waals surface area (Å²) in [6.45, 7) is 6.20. The van der Waals surface area contributed by atoms with Gasteiger partial charge in [0, 0.05) is 11.8 Å². The monoisotopic (exact) mass is 498 g/mol. The maximum atomic E-state index is 12.3. The molecule has 0 aromatic heterocycles. The molecule has 1 rings (SSSR count). The van der Waals surface area contributed by atoms with Crippen LogP contribution in [0.3, 0.4) is 0 Å². The van der Waals surface area contributed by atoms with E-state index in [1.165, 1.54) is 0 Å². The van der Waals surface area contributed by atoms with Crippen molar-refractivity contribution in [1.82, 2.24) is 0 Å². The number of alkyl halides is 3. The van der Waals surface area contributed by atoms with E-state index in [2.05, 4.69) is 47.8 Å². The summed E-state index contributed by atoms with van der Waals surface area (Å²) >= 11 is 9.86. The van der Waals surface area contributed by atoms with Crippen LogP contribution in [0.1, 0.15) is 27.2 Å². The first kappa shape index (κ1) is 19.3. The average Bonchev–Trinajstić information content (AvgIpc) is 2.33. The van der Waals surface area contributed by atoms with E-state index in [9.17, 15) is 9.36 Å². The highest BCUT2D eigenvalue weighted by Crippen LogP contribution is 2.57. The van der Waals surface area contributed by atoms with Gasteiger partial charge in [-0.05, 0) is 6.92 Å². The van der Waals surface area contributed by atoms with Crippen LogP contribution in [0.5, 0.6) is 0 Å². The molecule has 0 bridgehead atoms. The molecule has 9 heteroatoms. The van der Waals surface area contributed by atoms with E-state index in [0.717, 1.165) is 0 Å². The smallest absolute Gasteiger partial charge is 0.299 e. The number of ketones is 1. The predicted octanol–water partition coefficient (Wildman–Crippen LogP) is 4.41. The van der Waals surface area contributed by atoms with Crippen LogP contribution >= 0.6 is 55.6 Å². The van der Waals surface area contributed by atoms with E-state index in [1.54, 1.807) is 6.92 Å². The van der Waals surface area contributed by atoms with Gasteiger partial charge in [0.15, 0.2) is 0 Å². The molecule has 0 N–H and O–H groups in total. The molecule has 1 fully saturated rings. The highest BCUT2D eigenvalue weighted by atomic mass is 79.9. The minimum absolute atomic E-state index is 0.0147. The highest BCUT2D eigenvalue weighted by molar-refractivity contribution is 9.25. The summed E-state index contributed by atoms with van der Waals surface area (Å²) in [7, 11) is -3.58. The summed E-state index contributed by atoms with van der Waals surface area (Å²) in [4.78, 5) is 11.5. The van der Waals surface area contributed by atoms with Gasteiger partial charge in [0.2, 0.25) is 0 Å². The Kier molecular flexibility index (Phi) is 6.93. The first-order chi connectivity index (χ1) is 9.00. The second-order valence-electron chi connectivity index (χ2n) is 5.52. The third-order valence-corrected chi connectivity index (χ3v) is 6.63. The first-order valence-electron chi connectivity index (χ1n) is 6.03. The number of carbonyl (C=O) groups is 1. The standard InChI is InChI=1S/C11H18Br3O5P/c1-8(11(13,14)4-9(15)5-12)19-20(16)17-6-10(2,3)7-18-20/h8H,4-7H2,1-3H3. The number of phosphoric acid groups is 1. The average molecular weight is 501 g/mol. The molecule has 0 saturated carbocycles. The lowest BCUT2D eigenvalue weighted by Gasteiger charge is -2.36. The lowest BCUT2D eigenvalue weighted by molar-refractivity contribution is -0.117. The fourth-order valence-electron chi connectivity index (χ4n) is 1.37. The molecule has 1 aliphatic rings. The molecule has 20 heavy (non-hydrogen) atoms. The third kappa shape index (κ3) is 5.78. The SMILES string of the molecule is CC(OP1(=O)OCC(C)(C)CO1)C(Br)(Br)CC(=O)CBr. The summed E-state index contributed by atoms with van der Waals surface area (Å²) in [6.07, 6.45) is -0.414. The summed E-state index contributed by atoms with van der Waals surface area (Å²) < 4.78 is 27.5. The van der Waals surface area contributed by atoms with Crippen molar-refractivity contribution in [1.29, 1.82) is 0 Å². The third-order valence-electron chi connectivity index (χ3n) is 2.69. The van der Waals surface area contributed by atoms with E-state index in [1.807, 2.05) is 13.8 Å². The molecule has 0 amide bonds. The quantitative estimate of drug-likeness (QED) is 0.399. The van der Waals surface area contributed by atoms with Crippen LogP contribution < -0.4 is 0 Å². The van der Waals surface area contributed by atoms with Crippen molar-refractivity contribution in [3.8, 4) is 0 Å². The van der Waals surface area contributed by atoms with Gasteiger partial charge in [-0.25, -0.2) is 4.57 Å². The topological polar surface area (TPSA) is 61.8 Å². The van der Waals surface area contributed by atoms with Gasteiger partial charge < -0.3 is 0 Å². The number of hydrogen-bond donors (Lipinski definition) is 0. The Balaban J connectivity index is 2.63. The van der Waals surface area contributed by atoms with E-state index in [0.29, 0.717) is 13.2 Å². The van der Waals surface area contributed by atoms with Gasteiger partial charge in [-0.1, -0.05) is 61.6 Å². The molecule has 0 spiro atoms. The Bertz CT molecular complexity index is 399. The lowest BCUT2D eigenvalue weighted by Crippen LogP contribution is -2.35.